The van der Waals surface area contributed by atoms with Gasteiger partial charge in [0.25, 0.3) is 5.91 Å². The van der Waals surface area contributed by atoms with Gasteiger partial charge in [-0.15, -0.1) is 0 Å². The van der Waals surface area contributed by atoms with Crippen molar-refractivity contribution in [3.05, 3.63) is 41.7 Å². The van der Waals surface area contributed by atoms with E-state index in [0.717, 1.165) is 12.1 Å². The molecule has 1 N–H and O–H groups in total. The van der Waals surface area contributed by atoms with Crippen LogP contribution in [0.25, 0.3) is 0 Å². The Labute approximate surface area is 165 Å². The fourth-order valence-electron chi connectivity index (χ4n) is 3.08. The second-order valence-electron chi connectivity index (χ2n) is 7.78. The maximum Gasteiger partial charge on any atom is 0.416 e. The molecule has 0 unspecified atom stereocenters. The molecule has 3 rings (SSSR count). The van der Waals surface area contributed by atoms with Gasteiger partial charge in [-0.05, 0) is 52.0 Å². The van der Waals surface area contributed by atoms with Gasteiger partial charge in [-0.25, -0.2) is 4.79 Å². The monoisotopic (exact) mass is 410 g/mol. The van der Waals surface area contributed by atoms with Crippen molar-refractivity contribution in [1.82, 2.24) is 9.78 Å². The summed E-state index contributed by atoms with van der Waals surface area (Å²) in [6, 6.07) is 4.03. The largest absolute Gasteiger partial charge is 0.444 e. The first-order valence-corrected chi connectivity index (χ1v) is 8.93. The first-order valence-electron chi connectivity index (χ1n) is 8.93. The molecule has 2 heterocycles. The van der Waals surface area contributed by atoms with Crippen molar-refractivity contribution in [2.24, 2.45) is 0 Å². The number of alkyl halides is 3. The summed E-state index contributed by atoms with van der Waals surface area (Å²) < 4.78 is 45.1. The lowest BCUT2D eigenvalue weighted by molar-refractivity contribution is -0.137. The van der Waals surface area contributed by atoms with Crippen molar-refractivity contribution < 1.29 is 27.5 Å². The molecule has 1 aromatic heterocycles. The summed E-state index contributed by atoms with van der Waals surface area (Å²) in [4.78, 5) is 26.6. The van der Waals surface area contributed by atoms with Gasteiger partial charge in [0, 0.05) is 5.69 Å². The van der Waals surface area contributed by atoms with E-state index in [1.807, 2.05) is 0 Å². The maximum absolute atomic E-state index is 13.1. The van der Waals surface area contributed by atoms with Crippen molar-refractivity contribution in [2.45, 2.75) is 52.1 Å². The van der Waals surface area contributed by atoms with Crippen LogP contribution in [-0.2, 0) is 17.5 Å². The van der Waals surface area contributed by atoms with E-state index in [2.05, 4.69) is 10.4 Å². The number of carbonyl (C=O) groups is 2. The number of carbonyl (C=O) groups excluding carboxylic acids is 2. The van der Waals surface area contributed by atoms with Gasteiger partial charge >= 0.3 is 12.3 Å². The second kappa shape index (κ2) is 7.09. The van der Waals surface area contributed by atoms with Crippen LogP contribution in [0.5, 0.6) is 0 Å². The Morgan fingerprint density at radius 1 is 1.21 bits per heavy atom. The molecular weight excluding hydrogens is 389 g/mol. The van der Waals surface area contributed by atoms with Crippen molar-refractivity contribution in [3.63, 3.8) is 0 Å². The highest BCUT2D eigenvalue weighted by Crippen LogP contribution is 2.33. The van der Waals surface area contributed by atoms with E-state index in [4.69, 9.17) is 4.74 Å². The van der Waals surface area contributed by atoms with Crippen LogP contribution in [0.2, 0.25) is 0 Å². The molecule has 1 aliphatic rings. The molecule has 1 aliphatic heterocycles. The van der Waals surface area contributed by atoms with Gasteiger partial charge in [-0.2, -0.15) is 18.3 Å². The highest BCUT2D eigenvalue weighted by Gasteiger charge is 2.36. The van der Waals surface area contributed by atoms with E-state index in [1.165, 1.54) is 27.9 Å². The fourth-order valence-corrected chi connectivity index (χ4v) is 3.08. The zero-order valence-electron chi connectivity index (χ0n) is 16.4. The van der Waals surface area contributed by atoms with E-state index in [1.54, 1.807) is 27.7 Å². The number of amides is 2. The summed E-state index contributed by atoms with van der Waals surface area (Å²) in [5.41, 5.74) is -0.883. The van der Waals surface area contributed by atoms with Gasteiger partial charge in [0.2, 0.25) is 0 Å². The summed E-state index contributed by atoms with van der Waals surface area (Å²) in [5.74, 6) is -0.480. The Balaban J connectivity index is 1.88. The number of halogens is 3. The minimum Gasteiger partial charge on any atom is -0.444 e. The molecule has 1 atom stereocenters. The van der Waals surface area contributed by atoms with E-state index in [9.17, 15) is 22.8 Å². The Morgan fingerprint density at radius 2 is 1.83 bits per heavy atom. The number of nitrogens with one attached hydrogen (secondary N) is 1. The third kappa shape index (κ3) is 4.36. The second-order valence-corrected chi connectivity index (χ2v) is 7.78. The quantitative estimate of drug-likeness (QED) is 0.801. The number of rotatable bonds is 2. The highest BCUT2D eigenvalue weighted by atomic mass is 19.4. The zero-order chi connectivity index (χ0) is 21.6. The average molecular weight is 410 g/mol. The number of aromatic nitrogens is 2. The molecule has 1 aromatic carbocycles. The molecule has 2 amide bonds. The molecular formula is C19H21F3N4O3. The molecule has 0 spiro atoms. The van der Waals surface area contributed by atoms with Crippen LogP contribution in [0.15, 0.2) is 30.5 Å². The molecule has 29 heavy (non-hydrogen) atoms. The molecule has 0 saturated heterocycles. The van der Waals surface area contributed by atoms with Crippen LogP contribution < -0.4 is 10.2 Å². The van der Waals surface area contributed by atoms with E-state index < -0.39 is 29.3 Å². The average Bonchev–Trinajstić information content (AvgIpc) is 2.95. The van der Waals surface area contributed by atoms with Gasteiger partial charge in [0.1, 0.15) is 5.60 Å². The Morgan fingerprint density at radius 3 is 2.38 bits per heavy atom. The molecule has 0 saturated carbocycles. The predicted molar refractivity (Wildman–Crippen MR) is 99.8 cm³/mol. The number of ether oxygens (including phenoxy) is 1. The first kappa shape index (κ1) is 20.7. The Hall–Kier alpha value is -3.04. The number of anilines is 2. The highest BCUT2D eigenvalue weighted by molar-refractivity contribution is 6.10. The van der Waals surface area contributed by atoms with Crippen LogP contribution in [-0.4, -0.2) is 33.4 Å². The molecule has 156 valence electrons. The summed E-state index contributed by atoms with van der Waals surface area (Å²) in [6.45, 7) is 7.21. The van der Waals surface area contributed by atoms with Crippen molar-refractivity contribution in [3.8, 4) is 0 Å². The Bertz CT molecular complexity index is 930. The normalized spacial score (nSPS) is 17.1. The molecule has 0 fully saturated rings. The van der Waals surface area contributed by atoms with E-state index >= 15 is 0 Å². The Kier molecular flexibility index (Phi) is 5.06. The third-order valence-electron chi connectivity index (χ3n) is 4.25. The van der Waals surface area contributed by atoms with Crippen LogP contribution in [0.3, 0.4) is 0 Å². The fraction of sp³-hybridized carbons (Fsp3) is 0.421. The molecule has 0 aliphatic carbocycles. The van der Waals surface area contributed by atoms with Crippen molar-refractivity contribution in [1.29, 1.82) is 0 Å². The topological polar surface area (TPSA) is 76.5 Å². The lowest BCUT2D eigenvalue weighted by atomic mass is 10.1. The lowest BCUT2D eigenvalue weighted by Crippen LogP contribution is -2.47. The zero-order valence-corrected chi connectivity index (χ0v) is 16.4. The summed E-state index contributed by atoms with van der Waals surface area (Å²) >= 11 is 0. The van der Waals surface area contributed by atoms with Gasteiger partial charge in [-0.3, -0.25) is 14.8 Å². The number of benzene rings is 1. The molecule has 10 heteroatoms. The standard InChI is InChI=1S/C19H21F3N4O3/c1-11-10-25-15(14(9-23-25)24-17(28)29-18(2,3)4)16(27)26(11)13-7-5-12(6-8-13)19(20,21)22/h5-9,11H,10H2,1-4H3,(H,24,28)/t11-/m0/s1. The molecule has 0 bridgehead atoms. The summed E-state index contributed by atoms with van der Waals surface area (Å²) in [6.07, 6.45) is -3.85. The van der Waals surface area contributed by atoms with E-state index in [0.29, 0.717) is 12.2 Å². The number of hydrogen-bond donors (Lipinski definition) is 1. The number of nitrogens with zero attached hydrogens (tertiary/aromatic N) is 3. The lowest BCUT2D eigenvalue weighted by Gasteiger charge is -2.34. The van der Waals surface area contributed by atoms with Crippen LogP contribution >= 0.6 is 0 Å². The molecule has 0 radical (unpaired) electrons. The van der Waals surface area contributed by atoms with Gasteiger partial charge in [0.15, 0.2) is 5.69 Å². The van der Waals surface area contributed by atoms with Crippen LogP contribution in [0.4, 0.5) is 29.3 Å². The minimum absolute atomic E-state index is 0.133. The summed E-state index contributed by atoms with van der Waals surface area (Å²) in [7, 11) is 0. The maximum atomic E-state index is 13.1. The van der Waals surface area contributed by atoms with Gasteiger partial charge in [0.05, 0.1) is 30.0 Å². The smallest absolute Gasteiger partial charge is 0.416 e. The SMILES string of the molecule is C[C@H]1Cn2ncc(NC(=O)OC(C)(C)C)c2C(=O)N1c1ccc(C(F)(F)F)cc1. The molecule has 2 aromatic rings. The molecule has 7 nitrogen and oxygen atoms in total. The van der Waals surface area contributed by atoms with Crippen molar-refractivity contribution >= 4 is 23.4 Å². The number of fused-ring (bicyclic) bond motifs is 1. The number of hydrogen-bond acceptors (Lipinski definition) is 4. The van der Waals surface area contributed by atoms with Crippen molar-refractivity contribution in [2.75, 3.05) is 10.2 Å². The minimum atomic E-state index is -4.46. The van der Waals surface area contributed by atoms with E-state index in [-0.39, 0.29) is 17.4 Å². The third-order valence-corrected chi connectivity index (χ3v) is 4.25. The first-order chi connectivity index (χ1) is 13.4. The predicted octanol–water partition coefficient (Wildman–Crippen LogP) is 4.30. The van der Waals surface area contributed by atoms with Gasteiger partial charge < -0.3 is 9.64 Å². The van der Waals surface area contributed by atoms with Crippen LogP contribution in [0, 0.1) is 0 Å². The van der Waals surface area contributed by atoms with Crippen LogP contribution in [0.1, 0.15) is 43.7 Å². The van der Waals surface area contributed by atoms with Gasteiger partial charge in [-0.1, -0.05) is 0 Å². The summed E-state index contributed by atoms with van der Waals surface area (Å²) in [5, 5.41) is 6.64.